The zero-order valence-corrected chi connectivity index (χ0v) is 21.9. The topological polar surface area (TPSA) is 78.5 Å². The maximum Gasteiger partial charge on any atom is 0.251 e. The first-order valence-electron chi connectivity index (χ1n) is 11.6. The molecule has 2 N–H and O–H groups in total. The van der Waals surface area contributed by atoms with Crippen molar-refractivity contribution in [1.82, 2.24) is 14.9 Å². The second-order valence-corrected chi connectivity index (χ2v) is 11.8. The van der Waals surface area contributed by atoms with Crippen molar-refractivity contribution in [2.75, 3.05) is 14.1 Å². The van der Waals surface area contributed by atoms with Gasteiger partial charge in [-0.25, -0.2) is 13.1 Å². The molecule has 7 heteroatoms. The number of carbonyl (C=O) groups excluding carboxylic acids is 1. The quantitative estimate of drug-likeness (QED) is 0.462. The highest BCUT2D eigenvalue weighted by Crippen LogP contribution is 2.23. The van der Waals surface area contributed by atoms with Crippen LogP contribution >= 0.6 is 0 Å². The first-order chi connectivity index (χ1) is 16.5. The molecule has 0 bridgehead atoms. The summed E-state index contributed by atoms with van der Waals surface area (Å²) in [5.74, 6) is -0.171. The summed E-state index contributed by atoms with van der Waals surface area (Å²) < 4.78 is 28.0. The smallest absolute Gasteiger partial charge is 0.251 e. The van der Waals surface area contributed by atoms with Crippen molar-refractivity contribution >= 4 is 15.9 Å². The van der Waals surface area contributed by atoms with E-state index < -0.39 is 10.0 Å². The van der Waals surface area contributed by atoms with Crippen LogP contribution in [0.25, 0.3) is 0 Å². The molecule has 6 nitrogen and oxygen atoms in total. The maximum atomic E-state index is 12.7. The van der Waals surface area contributed by atoms with Gasteiger partial charge in [-0.15, -0.1) is 0 Å². The van der Waals surface area contributed by atoms with Crippen molar-refractivity contribution in [2.24, 2.45) is 0 Å². The van der Waals surface area contributed by atoms with E-state index in [4.69, 9.17) is 0 Å². The summed E-state index contributed by atoms with van der Waals surface area (Å²) in [6.45, 7) is 7.65. The summed E-state index contributed by atoms with van der Waals surface area (Å²) in [5, 5.41) is 2.97. The van der Waals surface area contributed by atoms with Gasteiger partial charge < -0.3 is 10.2 Å². The molecule has 0 radical (unpaired) electrons. The van der Waals surface area contributed by atoms with Crippen LogP contribution in [0.3, 0.4) is 0 Å². The average Bonchev–Trinajstić information content (AvgIpc) is 2.81. The highest BCUT2D eigenvalue weighted by Gasteiger charge is 2.17. The minimum Gasteiger partial charge on any atom is -0.348 e. The van der Waals surface area contributed by atoms with Gasteiger partial charge in [0.15, 0.2) is 0 Å². The van der Waals surface area contributed by atoms with Crippen LogP contribution in [0.5, 0.6) is 0 Å². The Kier molecular flexibility index (Phi) is 8.48. The molecule has 3 aromatic carbocycles. The molecule has 0 spiro atoms. The van der Waals surface area contributed by atoms with E-state index in [1.165, 1.54) is 5.56 Å². The van der Waals surface area contributed by atoms with Gasteiger partial charge in [0, 0.05) is 25.2 Å². The van der Waals surface area contributed by atoms with Gasteiger partial charge in [-0.1, -0.05) is 69.3 Å². The normalized spacial score (nSPS) is 12.1. The summed E-state index contributed by atoms with van der Waals surface area (Å²) in [6.07, 6.45) is 0. The van der Waals surface area contributed by atoms with E-state index in [-0.39, 0.29) is 22.8 Å². The average molecular weight is 494 g/mol. The second kappa shape index (κ2) is 11.2. The van der Waals surface area contributed by atoms with Crippen molar-refractivity contribution in [3.05, 3.63) is 101 Å². The van der Waals surface area contributed by atoms with E-state index in [1.807, 2.05) is 44.4 Å². The van der Waals surface area contributed by atoms with Crippen LogP contribution in [0.1, 0.15) is 53.4 Å². The number of benzene rings is 3. The Morgan fingerprint density at radius 3 is 2.00 bits per heavy atom. The third kappa shape index (κ3) is 7.49. The fraction of sp³-hybridized carbons (Fsp3) is 0.321. The number of hydrogen-bond acceptors (Lipinski definition) is 4. The lowest BCUT2D eigenvalue weighted by Crippen LogP contribution is -2.25. The van der Waals surface area contributed by atoms with E-state index >= 15 is 0 Å². The molecule has 3 rings (SSSR count). The predicted molar refractivity (Wildman–Crippen MR) is 141 cm³/mol. The number of hydrogen-bond donors (Lipinski definition) is 2. The van der Waals surface area contributed by atoms with E-state index in [2.05, 4.69) is 41.8 Å². The van der Waals surface area contributed by atoms with Gasteiger partial charge in [-0.3, -0.25) is 4.79 Å². The minimum atomic E-state index is -3.63. The number of sulfonamides is 1. The Morgan fingerprint density at radius 2 is 1.43 bits per heavy atom. The number of carbonyl (C=O) groups is 1. The molecule has 0 unspecified atom stereocenters. The summed E-state index contributed by atoms with van der Waals surface area (Å²) >= 11 is 0. The van der Waals surface area contributed by atoms with Gasteiger partial charge >= 0.3 is 0 Å². The molecular formula is C28H35N3O3S. The van der Waals surface area contributed by atoms with E-state index in [0.717, 1.165) is 23.2 Å². The van der Waals surface area contributed by atoms with Gasteiger partial charge in [0.2, 0.25) is 10.0 Å². The fourth-order valence-electron chi connectivity index (χ4n) is 3.67. The molecule has 0 heterocycles. The van der Waals surface area contributed by atoms with E-state index in [9.17, 15) is 13.2 Å². The Balaban J connectivity index is 1.58. The van der Waals surface area contributed by atoms with Crippen LogP contribution in [0, 0.1) is 0 Å². The summed E-state index contributed by atoms with van der Waals surface area (Å²) in [7, 11) is 0.395. The molecule has 0 aliphatic rings. The van der Waals surface area contributed by atoms with Crippen molar-refractivity contribution in [3.63, 3.8) is 0 Å². The first kappa shape index (κ1) is 26.6. The Bertz CT molecular complexity index is 1240. The van der Waals surface area contributed by atoms with Gasteiger partial charge in [0.05, 0.1) is 4.90 Å². The van der Waals surface area contributed by atoms with E-state index in [0.29, 0.717) is 12.1 Å². The number of nitrogens with one attached hydrogen (secondary N) is 2. The van der Waals surface area contributed by atoms with Crippen molar-refractivity contribution in [1.29, 1.82) is 0 Å². The molecule has 0 atom stereocenters. The first-order valence-corrected chi connectivity index (χ1v) is 13.1. The minimum absolute atomic E-state index is 0.0423. The van der Waals surface area contributed by atoms with Crippen LogP contribution in [0.15, 0.2) is 77.7 Å². The molecule has 3 aromatic rings. The summed E-state index contributed by atoms with van der Waals surface area (Å²) in [5.41, 5.74) is 4.59. The lowest BCUT2D eigenvalue weighted by molar-refractivity contribution is 0.0950. The molecule has 0 aliphatic heterocycles. The Labute approximate surface area is 209 Å². The van der Waals surface area contributed by atoms with Crippen molar-refractivity contribution < 1.29 is 13.2 Å². The molecule has 1 amide bonds. The van der Waals surface area contributed by atoms with Crippen LogP contribution in [-0.2, 0) is 35.1 Å². The Hall–Kier alpha value is -3.00. The second-order valence-electron chi connectivity index (χ2n) is 9.99. The molecular weight excluding hydrogens is 458 g/mol. The SMILES string of the molecule is CN(C)Cc1ccccc1CNC(=O)c1ccc(CNS(=O)(=O)c2ccc(C(C)(C)C)cc2)cc1. The van der Waals surface area contributed by atoms with Gasteiger partial charge in [-0.05, 0) is 66.0 Å². The van der Waals surface area contributed by atoms with Gasteiger partial charge in [0.25, 0.3) is 5.91 Å². The highest BCUT2D eigenvalue weighted by atomic mass is 32.2. The maximum absolute atomic E-state index is 12.7. The van der Waals surface area contributed by atoms with Gasteiger partial charge in [0.1, 0.15) is 0 Å². The molecule has 0 fully saturated rings. The van der Waals surface area contributed by atoms with E-state index in [1.54, 1.807) is 36.4 Å². The third-order valence-corrected chi connectivity index (χ3v) is 7.17. The molecule has 35 heavy (non-hydrogen) atoms. The fourth-order valence-corrected chi connectivity index (χ4v) is 4.69. The predicted octanol–water partition coefficient (Wildman–Crippen LogP) is 4.45. The van der Waals surface area contributed by atoms with Crippen LogP contribution in [0.4, 0.5) is 0 Å². The van der Waals surface area contributed by atoms with Crippen molar-refractivity contribution in [2.45, 2.75) is 50.7 Å². The third-order valence-electron chi connectivity index (χ3n) is 5.76. The lowest BCUT2D eigenvalue weighted by Gasteiger charge is -2.19. The standard InChI is InChI=1S/C28H35N3O3S/c1-28(2,3)25-14-16-26(17-15-25)35(33,34)30-18-21-10-12-22(13-11-21)27(32)29-19-23-8-6-7-9-24(23)20-31(4)5/h6-17,30H,18-20H2,1-5H3,(H,29,32). The molecule has 0 aliphatic carbocycles. The molecule has 186 valence electrons. The molecule has 0 saturated carbocycles. The highest BCUT2D eigenvalue weighted by molar-refractivity contribution is 7.89. The monoisotopic (exact) mass is 493 g/mol. The van der Waals surface area contributed by atoms with Crippen LogP contribution < -0.4 is 10.0 Å². The lowest BCUT2D eigenvalue weighted by atomic mass is 9.87. The number of nitrogens with zero attached hydrogens (tertiary/aromatic N) is 1. The van der Waals surface area contributed by atoms with Crippen LogP contribution in [-0.4, -0.2) is 33.3 Å². The summed E-state index contributed by atoms with van der Waals surface area (Å²) in [4.78, 5) is 15.0. The Morgan fingerprint density at radius 1 is 0.829 bits per heavy atom. The zero-order valence-electron chi connectivity index (χ0n) is 21.1. The van der Waals surface area contributed by atoms with Crippen molar-refractivity contribution in [3.8, 4) is 0 Å². The zero-order chi connectivity index (χ0) is 25.6. The number of amides is 1. The van der Waals surface area contributed by atoms with Crippen LogP contribution in [0.2, 0.25) is 0 Å². The summed E-state index contributed by atoms with van der Waals surface area (Å²) in [6, 6.07) is 22.0. The molecule has 0 aromatic heterocycles. The largest absolute Gasteiger partial charge is 0.348 e. The van der Waals surface area contributed by atoms with Gasteiger partial charge in [-0.2, -0.15) is 0 Å². The molecule has 0 saturated heterocycles. The number of rotatable bonds is 9.